The van der Waals surface area contributed by atoms with E-state index in [1.54, 1.807) is 0 Å². The number of hydrogen-bond donors (Lipinski definition) is 1. The van der Waals surface area contributed by atoms with Crippen LogP contribution in [0.25, 0.3) is 0 Å². The first-order chi connectivity index (χ1) is 9.20. The summed E-state index contributed by atoms with van der Waals surface area (Å²) in [6.07, 6.45) is 2.83. The highest BCUT2D eigenvalue weighted by Gasteiger charge is 2.22. The zero-order valence-corrected chi connectivity index (χ0v) is 11.3. The van der Waals surface area contributed by atoms with Crippen LogP contribution in [-0.4, -0.2) is 19.8 Å². The number of benzene rings is 1. The Labute approximate surface area is 113 Å². The second kappa shape index (κ2) is 6.96. The van der Waals surface area contributed by atoms with Crippen LogP contribution in [0.1, 0.15) is 37.8 Å². The van der Waals surface area contributed by atoms with Crippen LogP contribution in [0.5, 0.6) is 0 Å². The monoisotopic (exact) mass is 269 g/mol. The number of rotatable bonds is 5. The molecule has 2 rings (SSSR count). The van der Waals surface area contributed by atoms with Gasteiger partial charge in [0.05, 0.1) is 0 Å². The number of ether oxygens (including phenoxy) is 1. The van der Waals surface area contributed by atoms with Crippen molar-refractivity contribution in [1.82, 2.24) is 5.32 Å². The van der Waals surface area contributed by atoms with Gasteiger partial charge in [0.25, 0.3) is 0 Å². The predicted molar refractivity (Wildman–Crippen MR) is 70.9 cm³/mol. The Hall–Kier alpha value is -1.00. The van der Waals surface area contributed by atoms with Crippen LogP contribution in [0.2, 0.25) is 0 Å². The molecule has 19 heavy (non-hydrogen) atoms. The second-order valence-electron chi connectivity index (χ2n) is 5.07. The van der Waals surface area contributed by atoms with Crippen LogP contribution in [0.3, 0.4) is 0 Å². The molecule has 1 aliphatic heterocycles. The average molecular weight is 269 g/mol. The quantitative estimate of drug-likeness (QED) is 0.884. The van der Waals surface area contributed by atoms with Gasteiger partial charge in [-0.15, -0.1) is 0 Å². The first-order valence-corrected chi connectivity index (χ1v) is 6.96. The molecule has 1 heterocycles. The largest absolute Gasteiger partial charge is 0.381 e. The smallest absolute Gasteiger partial charge is 0.128 e. The van der Waals surface area contributed by atoms with Crippen molar-refractivity contribution in [3.63, 3.8) is 0 Å². The van der Waals surface area contributed by atoms with E-state index in [-0.39, 0.29) is 17.7 Å². The second-order valence-corrected chi connectivity index (χ2v) is 5.07. The van der Waals surface area contributed by atoms with Gasteiger partial charge in [-0.1, -0.05) is 6.92 Å². The van der Waals surface area contributed by atoms with Gasteiger partial charge in [-0.2, -0.15) is 0 Å². The van der Waals surface area contributed by atoms with Crippen molar-refractivity contribution < 1.29 is 13.5 Å². The summed E-state index contributed by atoms with van der Waals surface area (Å²) in [5.41, 5.74) is 0.438. The van der Waals surface area contributed by atoms with Crippen molar-refractivity contribution in [2.45, 2.75) is 32.2 Å². The van der Waals surface area contributed by atoms with E-state index >= 15 is 0 Å². The Bertz CT molecular complexity index is 405. The molecule has 0 aromatic heterocycles. The van der Waals surface area contributed by atoms with E-state index in [4.69, 9.17) is 4.74 Å². The molecule has 0 spiro atoms. The molecule has 1 fully saturated rings. The molecule has 1 N–H and O–H groups in total. The van der Waals surface area contributed by atoms with Crippen molar-refractivity contribution in [1.29, 1.82) is 0 Å². The lowest BCUT2D eigenvalue weighted by Crippen LogP contribution is -2.27. The van der Waals surface area contributed by atoms with Crippen molar-refractivity contribution in [2.75, 3.05) is 19.8 Å². The molecule has 106 valence electrons. The lowest BCUT2D eigenvalue weighted by atomic mass is 9.89. The Kier molecular flexibility index (Phi) is 5.28. The highest BCUT2D eigenvalue weighted by Crippen LogP contribution is 2.29. The fourth-order valence-corrected chi connectivity index (χ4v) is 2.66. The van der Waals surface area contributed by atoms with Gasteiger partial charge >= 0.3 is 0 Å². The summed E-state index contributed by atoms with van der Waals surface area (Å²) in [6, 6.07) is 3.56. The fraction of sp³-hybridized carbons (Fsp3) is 0.600. The summed E-state index contributed by atoms with van der Waals surface area (Å²) in [4.78, 5) is 0. The van der Waals surface area contributed by atoms with Gasteiger partial charge in [0.2, 0.25) is 0 Å². The normalized spacial score (nSPS) is 18.5. The lowest BCUT2D eigenvalue weighted by molar-refractivity contribution is 0.0604. The van der Waals surface area contributed by atoms with Crippen LogP contribution in [0.15, 0.2) is 18.2 Å². The van der Waals surface area contributed by atoms with Gasteiger partial charge in [0.15, 0.2) is 0 Å². The van der Waals surface area contributed by atoms with Crippen molar-refractivity contribution in [3.05, 3.63) is 35.4 Å². The summed E-state index contributed by atoms with van der Waals surface area (Å²) < 4.78 is 32.5. The highest BCUT2D eigenvalue weighted by molar-refractivity contribution is 5.22. The zero-order valence-electron chi connectivity index (χ0n) is 11.3. The van der Waals surface area contributed by atoms with Gasteiger partial charge in [-0.05, 0) is 49.9 Å². The van der Waals surface area contributed by atoms with Crippen molar-refractivity contribution in [2.24, 2.45) is 5.92 Å². The molecular weight excluding hydrogens is 248 g/mol. The molecule has 1 aromatic rings. The minimum absolute atomic E-state index is 0.121. The Morgan fingerprint density at radius 3 is 2.74 bits per heavy atom. The van der Waals surface area contributed by atoms with E-state index in [1.807, 2.05) is 6.92 Å². The maximum Gasteiger partial charge on any atom is 0.128 e. The molecule has 0 aliphatic carbocycles. The van der Waals surface area contributed by atoms with Crippen LogP contribution in [-0.2, 0) is 4.74 Å². The first kappa shape index (κ1) is 14.4. The number of hydrogen-bond acceptors (Lipinski definition) is 2. The maximum absolute atomic E-state index is 13.9. The third kappa shape index (κ3) is 3.98. The van der Waals surface area contributed by atoms with Crippen molar-refractivity contribution >= 4 is 0 Å². The SMILES string of the molecule is CCNC(CC1CCOCC1)c1cc(F)ccc1F. The number of halogens is 2. The summed E-state index contributed by atoms with van der Waals surface area (Å²) in [5, 5.41) is 3.27. The first-order valence-electron chi connectivity index (χ1n) is 6.96. The van der Waals surface area contributed by atoms with Crippen LogP contribution < -0.4 is 5.32 Å². The molecule has 2 nitrogen and oxygen atoms in total. The molecule has 1 aromatic carbocycles. The lowest BCUT2D eigenvalue weighted by Gasteiger charge is -2.27. The highest BCUT2D eigenvalue weighted by atomic mass is 19.1. The fourth-order valence-electron chi connectivity index (χ4n) is 2.66. The van der Waals surface area contributed by atoms with Crippen LogP contribution in [0, 0.1) is 17.6 Å². The molecule has 1 saturated heterocycles. The molecular formula is C15H21F2NO. The molecule has 1 unspecified atom stereocenters. The van der Waals surface area contributed by atoms with E-state index in [2.05, 4.69) is 5.32 Å². The predicted octanol–water partition coefficient (Wildman–Crippen LogP) is 3.43. The Morgan fingerprint density at radius 1 is 1.32 bits per heavy atom. The molecule has 0 amide bonds. The van der Waals surface area contributed by atoms with Gasteiger partial charge < -0.3 is 10.1 Å². The zero-order chi connectivity index (χ0) is 13.7. The Morgan fingerprint density at radius 2 is 2.05 bits per heavy atom. The van der Waals surface area contributed by atoms with E-state index in [0.717, 1.165) is 45.1 Å². The standard InChI is InChI=1S/C15H21F2NO/c1-2-18-15(9-11-5-7-19-8-6-11)13-10-12(16)3-4-14(13)17/h3-4,10-11,15,18H,2,5-9H2,1H3. The molecule has 1 aliphatic rings. The van der Waals surface area contributed by atoms with Gasteiger partial charge in [-0.3, -0.25) is 0 Å². The van der Waals surface area contributed by atoms with Gasteiger partial charge in [0.1, 0.15) is 11.6 Å². The van der Waals surface area contributed by atoms with Crippen LogP contribution >= 0.6 is 0 Å². The molecule has 0 radical (unpaired) electrons. The van der Waals surface area contributed by atoms with Gasteiger partial charge in [-0.25, -0.2) is 8.78 Å². The molecule has 4 heteroatoms. The minimum Gasteiger partial charge on any atom is -0.381 e. The van der Waals surface area contributed by atoms with E-state index in [0.29, 0.717) is 11.5 Å². The Balaban J connectivity index is 2.11. The summed E-state index contributed by atoms with van der Waals surface area (Å²) in [7, 11) is 0. The van der Waals surface area contributed by atoms with E-state index < -0.39 is 0 Å². The number of nitrogens with one attached hydrogen (secondary N) is 1. The van der Waals surface area contributed by atoms with E-state index in [9.17, 15) is 8.78 Å². The molecule has 0 saturated carbocycles. The van der Waals surface area contributed by atoms with Crippen LogP contribution in [0.4, 0.5) is 8.78 Å². The summed E-state index contributed by atoms with van der Waals surface area (Å²) in [5.74, 6) is -0.203. The topological polar surface area (TPSA) is 21.3 Å². The maximum atomic E-state index is 13.9. The summed E-state index contributed by atoms with van der Waals surface area (Å²) in [6.45, 7) is 4.27. The minimum atomic E-state index is -0.383. The third-order valence-electron chi connectivity index (χ3n) is 3.69. The third-order valence-corrected chi connectivity index (χ3v) is 3.69. The van der Waals surface area contributed by atoms with Gasteiger partial charge in [0, 0.05) is 24.8 Å². The average Bonchev–Trinajstić information content (AvgIpc) is 2.42. The molecule has 0 bridgehead atoms. The molecule has 1 atom stereocenters. The summed E-state index contributed by atoms with van der Waals surface area (Å²) >= 11 is 0. The van der Waals surface area contributed by atoms with Crippen molar-refractivity contribution in [3.8, 4) is 0 Å². The van der Waals surface area contributed by atoms with E-state index in [1.165, 1.54) is 12.1 Å².